The number of piperazine rings is 1. The number of benzene rings is 1. The average molecular weight is 644 g/mol. The first-order valence-electron chi connectivity index (χ1n) is 14.6. The van der Waals surface area contributed by atoms with Gasteiger partial charge in [0, 0.05) is 31.6 Å². The summed E-state index contributed by atoms with van der Waals surface area (Å²) in [5.74, 6) is -2.58. The van der Waals surface area contributed by atoms with Crippen LogP contribution in [0.15, 0.2) is 6.07 Å². The number of likely N-dealkylation sites (tertiary alicyclic amines) is 1. The Morgan fingerprint density at radius 1 is 1.18 bits per heavy atom. The number of nitrogens with one attached hydrogen (secondary N) is 1. The highest BCUT2D eigenvalue weighted by Gasteiger charge is 2.44. The van der Waals surface area contributed by atoms with Crippen LogP contribution in [0.3, 0.4) is 0 Å². The Morgan fingerprint density at radius 2 is 1.93 bits per heavy atom. The molecule has 3 aliphatic heterocycles. The lowest BCUT2D eigenvalue weighted by Gasteiger charge is -2.38. The van der Waals surface area contributed by atoms with Gasteiger partial charge in [0.15, 0.2) is 5.82 Å². The fourth-order valence-corrected chi connectivity index (χ4v) is 6.73. The summed E-state index contributed by atoms with van der Waals surface area (Å²) in [4.78, 5) is 16.7. The molecule has 2 saturated heterocycles. The summed E-state index contributed by atoms with van der Waals surface area (Å²) in [6.45, 7) is 4.39. The molecule has 3 N–H and O–H groups in total. The molecule has 0 unspecified atom stereocenters. The predicted molar refractivity (Wildman–Crippen MR) is 152 cm³/mol. The van der Waals surface area contributed by atoms with Crippen molar-refractivity contribution in [2.45, 2.75) is 63.4 Å². The minimum Gasteiger partial charge on any atom is -0.472 e. The Balaban J connectivity index is 1.57. The second kappa shape index (κ2) is 11.3. The van der Waals surface area contributed by atoms with Crippen molar-refractivity contribution in [2.24, 2.45) is 0 Å². The summed E-state index contributed by atoms with van der Waals surface area (Å²) in [7, 11) is 1.72. The zero-order valence-electron chi connectivity index (χ0n) is 24.7. The standard InChI is InChI=1S/C29H32F7N7O2/c1-13-20(29(34,35)36)15(9-16(37)21(13)32)23-22(33)24-19-25(43-8-6-38-11-17(43)14(2)45-26(19)39-23)41-27(40-24)44-12-28(10-18(30)31)5-4-7-42(28)3/h9,14,17-18,38H,4-8,10-12,37H2,1-3H3/t14-,17-,28-/m0/s1. The van der Waals surface area contributed by atoms with E-state index in [9.17, 15) is 26.3 Å². The van der Waals surface area contributed by atoms with Crippen LogP contribution in [0.1, 0.15) is 37.3 Å². The lowest BCUT2D eigenvalue weighted by molar-refractivity contribution is -0.137. The topological polar surface area (TPSA) is 102 Å². The average Bonchev–Trinajstić information content (AvgIpc) is 3.27. The van der Waals surface area contributed by atoms with Crippen molar-refractivity contribution < 1.29 is 40.2 Å². The molecular weight excluding hydrogens is 611 g/mol. The lowest BCUT2D eigenvalue weighted by Crippen LogP contribution is -2.56. The van der Waals surface area contributed by atoms with Crippen LogP contribution in [0.2, 0.25) is 0 Å². The van der Waals surface area contributed by atoms with E-state index in [1.54, 1.807) is 18.9 Å². The highest BCUT2D eigenvalue weighted by Crippen LogP contribution is 2.46. The lowest BCUT2D eigenvalue weighted by atomic mass is 9.93. The maximum absolute atomic E-state index is 16.6. The number of fused-ring (bicyclic) bond motifs is 2. The van der Waals surface area contributed by atoms with Gasteiger partial charge >= 0.3 is 12.2 Å². The van der Waals surface area contributed by atoms with Gasteiger partial charge in [-0.15, -0.1) is 0 Å². The highest BCUT2D eigenvalue weighted by atomic mass is 19.4. The number of hydrogen-bond acceptors (Lipinski definition) is 9. The number of halogens is 7. The van der Waals surface area contributed by atoms with Crippen LogP contribution in [-0.4, -0.2) is 83.8 Å². The van der Waals surface area contributed by atoms with Gasteiger partial charge in [-0.2, -0.15) is 23.1 Å². The number of likely N-dealkylation sites (N-methyl/N-ethyl adjacent to an activating group) is 1. The third kappa shape index (κ3) is 5.34. The van der Waals surface area contributed by atoms with Crippen molar-refractivity contribution in [2.75, 3.05) is 50.5 Å². The molecule has 0 spiro atoms. The number of nitrogens with two attached hydrogens (primary N) is 1. The number of nitrogen functional groups attached to an aromatic ring is 1. The fraction of sp³-hybridized carbons (Fsp3) is 0.552. The second-order valence-electron chi connectivity index (χ2n) is 11.9. The van der Waals surface area contributed by atoms with E-state index in [-0.39, 0.29) is 35.7 Å². The van der Waals surface area contributed by atoms with Crippen molar-refractivity contribution in [3.8, 4) is 23.1 Å². The number of anilines is 2. The zero-order valence-corrected chi connectivity index (χ0v) is 24.7. The molecule has 0 amide bonds. The maximum Gasteiger partial charge on any atom is 0.417 e. The summed E-state index contributed by atoms with van der Waals surface area (Å²) >= 11 is 0. The first-order valence-corrected chi connectivity index (χ1v) is 14.6. The zero-order chi connectivity index (χ0) is 32.4. The van der Waals surface area contributed by atoms with Gasteiger partial charge in [0.05, 0.1) is 22.8 Å². The predicted octanol–water partition coefficient (Wildman–Crippen LogP) is 4.94. The van der Waals surface area contributed by atoms with Crippen molar-refractivity contribution in [1.82, 2.24) is 25.2 Å². The summed E-state index contributed by atoms with van der Waals surface area (Å²) in [6.07, 6.45) is -7.66. The molecular formula is C29H32F7N7O2. The number of nitrogens with zero attached hydrogens (tertiary/aromatic N) is 5. The van der Waals surface area contributed by atoms with Gasteiger partial charge in [0.25, 0.3) is 0 Å². The molecule has 1 aromatic carbocycles. The maximum atomic E-state index is 16.6. The fourth-order valence-electron chi connectivity index (χ4n) is 6.73. The molecule has 2 fully saturated rings. The van der Waals surface area contributed by atoms with E-state index < -0.39 is 75.9 Å². The van der Waals surface area contributed by atoms with Crippen molar-refractivity contribution in [3.63, 3.8) is 0 Å². The number of ether oxygens (including phenoxy) is 2. The molecule has 6 rings (SSSR count). The molecule has 5 heterocycles. The van der Waals surface area contributed by atoms with Crippen LogP contribution in [-0.2, 0) is 6.18 Å². The van der Waals surface area contributed by atoms with Crippen LogP contribution < -0.4 is 25.4 Å². The van der Waals surface area contributed by atoms with Gasteiger partial charge in [0.2, 0.25) is 12.3 Å². The summed E-state index contributed by atoms with van der Waals surface area (Å²) in [5, 5.41) is 3.27. The van der Waals surface area contributed by atoms with Gasteiger partial charge in [-0.3, -0.25) is 4.90 Å². The Labute approximate surface area is 253 Å². The molecule has 9 nitrogen and oxygen atoms in total. The monoisotopic (exact) mass is 643 g/mol. The van der Waals surface area contributed by atoms with E-state index in [4.69, 9.17) is 15.2 Å². The smallest absolute Gasteiger partial charge is 0.417 e. The Morgan fingerprint density at radius 3 is 2.60 bits per heavy atom. The molecule has 3 aromatic rings. The summed E-state index contributed by atoms with van der Waals surface area (Å²) in [5.41, 5.74) is -0.244. The third-order valence-electron chi connectivity index (χ3n) is 9.12. The minimum atomic E-state index is -5.09. The van der Waals surface area contributed by atoms with Crippen LogP contribution in [0.25, 0.3) is 22.2 Å². The molecule has 3 aliphatic rings. The van der Waals surface area contributed by atoms with Crippen molar-refractivity contribution >= 4 is 22.4 Å². The van der Waals surface area contributed by atoms with Gasteiger partial charge < -0.3 is 25.4 Å². The number of hydrogen-bond donors (Lipinski definition) is 2. The van der Waals surface area contributed by atoms with E-state index in [1.165, 1.54) is 0 Å². The number of pyridine rings is 1. The second-order valence-corrected chi connectivity index (χ2v) is 11.9. The normalized spacial score (nSPS) is 23.8. The Kier molecular flexibility index (Phi) is 7.86. The van der Waals surface area contributed by atoms with Crippen LogP contribution in [0, 0.1) is 18.6 Å². The molecule has 244 valence electrons. The first-order chi connectivity index (χ1) is 21.2. The van der Waals surface area contributed by atoms with E-state index in [0.29, 0.717) is 45.1 Å². The Hall–Kier alpha value is -3.66. The third-order valence-corrected chi connectivity index (χ3v) is 9.12. The van der Waals surface area contributed by atoms with Gasteiger partial charge in [-0.1, -0.05) is 0 Å². The quantitative estimate of drug-likeness (QED) is 0.286. The van der Waals surface area contributed by atoms with E-state index in [2.05, 4.69) is 20.3 Å². The molecule has 0 aliphatic carbocycles. The highest BCUT2D eigenvalue weighted by molar-refractivity contribution is 5.97. The summed E-state index contributed by atoms with van der Waals surface area (Å²) in [6, 6.07) is 0.00327. The molecule has 2 aromatic heterocycles. The number of alkyl halides is 5. The summed E-state index contributed by atoms with van der Waals surface area (Å²) < 4.78 is 113. The molecule has 0 radical (unpaired) electrons. The van der Waals surface area contributed by atoms with Gasteiger partial charge in [0.1, 0.15) is 40.9 Å². The van der Waals surface area contributed by atoms with Crippen LogP contribution >= 0.6 is 0 Å². The van der Waals surface area contributed by atoms with Crippen LogP contribution in [0.5, 0.6) is 11.9 Å². The molecule has 0 saturated carbocycles. The minimum absolute atomic E-state index is 0.0143. The largest absolute Gasteiger partial charge is 0.472 e. The molecule has 3 atom stereocenters. The number of aromatic nitrogens is 3. The molecule has 45 heavy (non-hydrogen) atoms. The van der Waals surface area contributed by atoms with Crippen molar-refractivity contribution in [1.29, 1.82) is 0 Å². The first kappa shape index (κ1) is 31.3. The van der Waals surface area contributed by atoms with Gasteiger partial charge in [-0.05, 0) is 51.9 Å². The molecule has 16 heteroatoms. The van der Waals surface area contributed by atoms with E-state index >= 15 is 4.39 Å². The van der Waals surface area contributed by atoms with E-state index in [0.717, 1.165) is 6.92 Å². The van der Waals surface area contributed by atoms with Crippen molar-refractivity contribution in [3.05, 3.63) is 28.8 Å². The van der Waals surface area contributed by atoms with Crippen LogP contribution in [0.4, 0.5) is 42.2 Å². The SMILES string of the molecule is Cc1c(F)c(N)cc(-c2nc3c4c(nc(OC[C@@]5(CC(F)F)CCCN5C)nc4c2F)N2CCNC[C@H]2[C@H](C)O3)c1C(F)(F)F. The van der Waals surface area contributed by atoms with E-state index in [1.807, 2.05) is 4.90 Å². The number of rotatable bonds is 6. The van der Waals surface area contributed by atoms with Gasteiger partial charge in [-0.25, -0.2) is 22.5 Å². The Bertz CT molecular complexity index is 1640. The molecule has 0 bridgehead atoms.